The average molecular weight is 441 g/mol. The minimum atomic E-state index is -0.346. The third kappa shape index (κ3) is 4.16. The summed E-state index contributed by atoms with van der Waals surface area (Å²) in [7, 11) is 0. The van der Waals surface area contributed by atoms with Crippen LogP contribution in [0.2, 0.25) is 0 Å². The van der Waals surface area contributed by atoms with Gasteiger partial charge in [-0.25, -0.2) is 9.07 Å². The number of carbonyl (C=O) groups excluding carboxylic acids is 1. The van der Waals surface area contributed by atoms with E-state index in [-0.39, 0.29) is 11.7 Å². The Morgan fingerprint density at radius 2 is 1.85 bits per heavy atom. The largest absolute Gasteiger partial charge is 0.329 e. The topological polar surface area (TPSA) is 51.0 Å². The third-order valence-electron chi connectivity index (χ3n) is 6.22. The predicted octanol–water partition coefficient (Wildman–Crippen LogP) is 5.05. The van der Waals surface area contributed by atoms with Crippen molar-refractivity contribution < 1.29 is 9.18 Å². The highest BCUT2D eigenvalue weighted by atomic mass is 19.1. The summed E-state index contributed by atoms with van der Waals surface area (Å²) >= 11 is 0. The van der Waals surface area contributed by atoms with E-state index in [2.05, 4.69) is 10.1 Å². The first kappa shape index (κ1) is 21.1. The van der Waals surface area contributed by atoms with Crippen LogP contribution in [-0.2, 0) is 25.9 Å². The van der Waals surface area contributed by atoms with Crippen LogP contribution in [0.3, 0.4) is 0 Å². The van der Waals surface area contributed by atoms with Crippen LogP contribution in [0.1, 0.15) is 44.9 Å². The van der Waals surface area contributed by atoms with E-state index in [1.807, 2.05) is 48.2 Å². The number of nitrogens with zero attached hydrogens (tertiary/aromatic N) is 4. The zero-order valence-corrected chi connectivity index (χ0v) is 18.5. The van der Waals surface area contributed by atoms with Gasteiger partial charge in [-0.15, -0.1) is 0 Å². The van der Waals surface area contributed by atoms with Gasteiger partial charge in [0.15, 0.2) is 5.69 Å². The van der Waals surface area contributed by atoms with Gasteiger partial charge in [0, 0.05) is 36.7 Å². The molecule has 0 unspecified atom stereocenters. The van der Waals surface area contributed by atoms with Crippen molar-refractivity contribution >= 4 is 5.91 Å². The fourth-order valence-corrected chi connectivity index (χ4v) is 4.49. The quantitative estimate of drug-likeness (QED) is 0.422. The van der Waals surface area contributed by atoms with Crippen LogP contribution < -0.4 is 0 Å². The molecule has 0 fully saturated rings. The summed E-state index contributed by atoms with van der Waals surface area (Å²) in [6.07, 6.45) is 5.99. The van der Waals surface area contributed by atoms with Crippen molar-refractivity contribution in [2.75, 3.05) is 0 Å². The number of fused-ring (bicyclic) bond motifs is 1. The average Bonchev–Trinajstić information content (AvgIpc) is 3.44. The molecule has 166 valence electrons. The number of hydrogen-bond acceptors (Lipinski definition) is 3. The number of amides is 1. The molecule has 5 nitrogen and oxygen atoms in total. The molecule has 0 N–H and O–H groups in total. The highest BCUT2D eigenvalue weighted by molar-refractivity contribution is 5.94. The summed E-state index contributed by atoms with van der Waals surface area (Å²) in [5.74, 6) is -0.490. The standard InChI is InChI=1S/C27H25FN4O/c1-19-8-2-3-10-21(19)18-31(17-20-9-7-15-29-16-20)27(33)26-22-11-6-14-24(22)32(30-26)25-13-5-4-12-23(25)28/h2-5,7-10,12-13,15-16H,6,11,14,17-18H2,1H3. The molecule has 4 aromatic rings. The van der Waals surface area contributed by atoms with Crippen LogP contribution >= 0.6 is 0 Å². The van der Waals surface area contributed by atoms with E-state index in [9.17, 15) is 9.18 Å². The van der Waals surface area contributed by atoms with Crippen LogP contribution in [0.5, 0.6) is 0 Å². The van der Waals surface area contributed by atoms with Crippen molar-refractivity contribution in [3.8, 4) is 5.69 Å². The maximum Gasteiger partial charge on any atom is 0.275 e. The number of para-hydroxylation sites is 1. The molecule has 2 aromatic heterocycles. The monoisotopic (exact) mass is 440 g/mol. The maximum absolute atomic E-state index is 14.6. The molecular formula is C27H25FN4O. The molecule has 1 aliphatic rings. The Kier molecular flexibility index (Phi) is 5.73. The smallest absolute Gasteiger partial charge is 0.275 e. The summed E-state index contributed by atoms with van der Waals surface area (Å²) in [6, 6.07) is 18.5. The summed E-state index contributed by atoms with van der Waals surface area (Å²) in [5.41, 5.74) is 5.83. The molecule has 0 aliphatic heterocycles. The Bertz CT molecular complexity index is 1300. The van der Waals surface area contributed by atoms with Crippen LogP contribution in [0, 0.1) is 12.7 Å². The molecule has 0 bridgehead atoms. The second kappa shape index (κ2) is 8.98. The first-order valence-electron chi connectivity index (χ1n) is 11.2. The molecule has 2 aromatic carbocycles. The fraction of sp³-hybridized carbons (Fsp3) is 0.222. The van der Waals surface area contributed by atoms with Gasteiger partial charge in [-0.3, -0.25) is 9.78 Å². The Labute approximate surface area is 192 Å². The second-order valence-corrected chi connectivity index (χ2v) is 8.44. The lowest BCUT2D eigenvalue weighted by Gasteiger charge is -2.23. The molecular weight excluding hydrogens is 415 g/mol. The molecule has 1 aliphatic carbocycles. The van der Waals surface area contributed by atoms with Gasteiger partial charge >= 0.3 is 0 Å². The Morgan fingerprint density at radius 3 is 2.64 bits per heavy atom. The lowest BCUT2D eigenvalue weighted by atomic mass is 10.1. The Hall–Kier alpha value is -3.80. The number of pyridine rings is 1. The first-order chi connectivity index (χ1) is 16.1. The van der Waals surface area contributed by atoms with Gasteiger partial charge in [0.2, 0.25) is 0 Å². The lowest BCUT2D eigenvalue weighted by molar-refractivity contribution is 0.0722. The van der Waals surface area contributed by atoms with Crippen molar-refractivity contribution in [3.05, 3.63) is 113 Å². The van der Waals surface area contributed by atoms with Gasteiger partial charge in [0.25, 0.3) is 5.91 Å². The van der Waals surface area contributed by atoms with E-state index in [1.54, 1.807) is 35.3 Å². The Balaban J connectivity index is 1.55. The summed E-state index contributed by atoms with van der Waals surface area (Å²) in [6.45, 7) is 2.93. The molecule has 0 atom stereocenters. The van der Waals surface area contributed by atoms with Crippen molar-refractivity contribution in [2.45, 2.75) is 39.3 Å². The number of hydrogen-bond donors (Lipinski definition) is 0. The van der Waals surface area contributed by atoms with Gasteiger partial charge in [0.05, 0.1) is 0 Å². The second-order valence-electron chi connectivity index (χ2n) is 8.44. The molecule has 0 saturated carbocycles. The van der Waals surface area contributed by atoms with Crippen LogP contribution in [0.15, 0.2) is 73.1 Å². The molecule has 5 rings (SSSR count). The molecule has 1 amide bonds. The highest BCUT2D eigenvalue weighted by Gasteiger charge is 2.30. The van der Waals surface area contributed by atoms with Gasteiger partial charge < -0.3 is 4.90 Å². The molecule has 0 saturated heterocycles. The van der Waals surface area contributed by atoms with Crippen molar-refractivity contribution in [3.63, 3.8) is 0 Å². The summed E-state index contributed by atoms with van der Waals surface area (Å²) in [4.78, 5) is 19.9. The number of aryl methyl sites for hydroxylation is 1. The van der Waals surface area contributed by atoms with Crippen LogP contribution in [0.4, 0.5) is 4.39 Å². The molecule has 2 heterocycles. The Morgan fingerprint density at radius 1 is 1.03 bits per heavy atom. The lowest BCUT2D eigenvalue weighted by Crippen LogP contribution is -2.31. The third-order valence-corrected chi connectivity index (χ3v) is 6.22. The van der Waals surface area contributed by atoms with E-state index >= 15 is 0 Å². The minimum Gasteiger partial charge on any atom is -0.329 e. The predicted molar refractivity (Wildman–Crippen MR) is 125 cm³/mol. The number of benzene rings is 2. The maximum atomic E-state index is 14.6. The van der Waals surface area contributed by atoms with Crippen LogP contribution in [-0.4, -0.2) is 25.6 Å². The number of aromatic nitrogens is 3. The molecule has 33 heavy (non-hydrogen) atoms. The zero-order chi connectivity index (χ0) is 22.8. The van der Waals surface area contributed by atoms with E-state index in [4.69, 9.17) is 0 Å². The normalized spacial score (nSPS) is 12.5. The van der Waals surface area contributed by atoms with E-state index in [0.717, 1.165) is 47.2 Å². The number of rotatable bonds is 6. The van der Waals surface area contributed by atoms with E-state index in [0.29, 0.717) is 24.5 Å². The van der Waals surface area contributed by atoms with Crippen molar-refractivity contribution in [1.29, 1.82) is 0 Å². The SMILES string of the molecule is Cc1ccccc1CN(Cc1cccnc1)C(=O)c1nn(-c2ccccc2F)c2c1CCC2. The van der Waals surface area contributed by atoms with Gasteiger partial charge in [-0.2, -0.15) is 5.10 Å². The molecule has 0 radical (unpaired) electrons. The van der Waals surface area contributed by atoms with Crippen LogP contribution in [0.25, 0.3) is 5.69 Å². The summed E-state index contributed by atoms with van der Waals surface area (Å²) < 4.78 is 16.2. The van der Waals surface area contributed by atoms with Gasteiger partial charge in [-0.1, -0.05) is 42.5 Å². The number of carbonyl (C=O) groups is 1. The van der Waals surface area contributed by atoms with Gasteiger partial charge in [0.1, 0.15) is 11.5 Å². The van der Waals surface area contributed by atoms with Crippen molar-refractivity contribution in [2.24, 2.45) is 0 Å². The molecule has 0 spiro atoms. The van der Waals surface area contributed by atoms with Gasteiger partial charge in [-0.05, 0) is 61.1 Å². The molecule has 6 heteroatoms. The summed E-state index contributed by atoms with van der Waals surface area (Å²) in [5, 5.41) is 4.66. The van der Waals surface area contributed by atoms with Crippen molar-refractivity contribution in [1.82, 2.24) is 19.7 Å². The van der Waals surface area contributed by atoms with E-state index in [1.165, 1.54) is 6.07 Å². The first-order valence-corrected chi connectivity index (χ1v) is 11.2. The fourth-order valence-electron chi connectivity index (χ4n) is 4.49. The zero-order valence-electron chi connectivity index (χ0n) is 18.5. The highest BCUT2D eigenvalue weighted by Crippen LogP contribution is 2.30. The number of halogens is 1. The van der Waals surface area contributed by atoms with E-state index < -0.39 is 0 Å². The minimum absolute atomic E-state index is 0.143.